The molecule has 1 aromatic carbocycles. The van der Waals surface area contributed by atoms with Gasteiger partial charge in [-0.1, -0.05) is 19.9 Å². The number of anilines is 2. The fraction of sp³-hybridized carbons (Fsp3) is 0.600. The van der Waals surface area contributed by atoms with Crippen molar-refractivity contribution in [1.82, 2.24) is 4.90 Å². The largest absolute Gasteiger partial charge is 0.495 e. The minimum Gasteiger partial charge on any atom is -0.495 e. The van der Waals surface area contributed by atoms with Gasteiger partial charge in [0.1, 0.15) is 5.75 Å². The van der Waals surface area contributed by atoms with E-state index in [-0.39, 0.29) is 0 Å². The molecule has 0 unspecified atom stereocenters. The molecule has 0 radical (unpaired) electrons. The molecule has 0 fully saturated rings. The normalized spacial score (nSPS) is 10.9. The topological polar surface area (TPSA) is 64.5 Å². The molecule has 108 valence electrons. The van der Waals surface area contributed by atoms with Crippen molar-refractivity contribution >= 4 is 11.4 Å². The monoisotopic (exact) mass is 265 g/mol. The van der Waals surface area contributed by atoms with E-state index in [1.54, 1.807) is 7.11 Å². The molecule has 4 nitrogen and oxygen atoms in total. The lowest BCUT2D eigenvalue weighted by atomic mass is 10.1. The lowest BCUT2D eigenvalue weighted by Crippen LogP contribution is -2.28. The van der Waals surface area contributed by atoms with Gasteiger partial charge in [-0.3, -0.25) is 0 Å². The summed E-state index contributed by atoms with van der Waals surface area (Å²) in [6, 6.07) is 3.91. The molecule has 1 rings (SSSR count). The van der Waals surface area contributed by atoms with Gasteiger partial charge in [0.05, 0.1) is 18.5 Å². The van der Waals surface area contributed by atoms with E-state index in [4.69, 9.17) is 16.2 Å². The number of methoxy groups -OCH3 is 1. The molecule has 0 amide bonds. The fourth-order valence-electron chi connectivity index (χ4n) is 2.30. The third-order valence-electron chi connectivity index (χ3n) is 3.33. The summed E-state index contributed by atoms with van der Waals surface area (Å²) in [4.78, 5) is 2.47. The molecule has 0 aliphatic carbocycles. The minimum absolute atomic E-state index is 0.553. The Morgan fingerprint density at radius 2 is 1.63 bits per heavy atom. The van der Waals surface area contributed by atoms with Crippen LogP contribution in [-0.4, -0.2) is 31.6 Å². The predicted octanol–water partition coefficient (Wildman–Crippen LogP) is 2.52. The van der Waals surface area contributed by atoms with Crippen LogP contribution in [0.5, 0.6) is 5.75 Å². The number of hydrogen-bond donors (Lipinski definition) is 2. The Balaban J connectivity index is 2.69. The van der Waals surface area contributed by atoms with E-state index in [9.17, 15) is 0 Å². The maximum Gasteiger partial charge on any atom is 0.143 e. The number of benzene rings is 1. The highest BCUT2D eigenvalue weighted by Crippen LogP contribution is 2.30. The van der Waals surface area contributed by atoms with Crippen molar-refractivity contribution in [2.45, 2.75) is 33.1 Å². The Morgan fingerprint density at radius 1 is 1.00 bits per heavy atom. The number of rotatable bonds is 8. The van der Waals surface area contributed by atoms with Gasteiger partial charge in [-0.2, -0.15) is 0 Å². The van der Waals surface area contributed by atoms with Crippen LogP contribution in [0.3, 0.4) is 0 Å². The van der Waals surface area contributed by atoms with Crippen LogP contribution in [0.1, 0.15) is 32.3 Å². The van der Waals surface area contributed by atoms with Crippen molar-refractivity contribution in [3.63, 3.8) is 0 Å². The summed E-state index contributed by atoms with van der Waals surface area (Å²) in [7, 11) is 1.61. The molecular formula is C15H27N3O. The Bertz CT molecular complexity index is 387. The first-order valence-electron chi connectivity index (χ1n) is 7.07. The highest BCUT2D eigenvalue weighted by Gasteiger charge is 2.10. The molecule has 1 aromatic rings. The summed E-state index contributed by atoms with van der Waals surface area (Å²) < 4.78 is 5.17. The number of hydrogen-bond acceptors (Lipinski definition) is 4. The van der Waals surface area contributed by atoms with E-state index in [2.05, 4.69) is 18.7 Å². The molecule has 0 aliphatic rings. The van der Waals surface area contributed by atoms with Gasteiger partial charge in [-0.05, 0) is 44.0 Å². The van der Waals surface area contributed by atoms with Crippen LogP contribution in [0.15, 0.2) is 12.1 Å². The molecule has 0 aliphatic heterocycles. The Labute approximate surface area is 116 Å². The number of ether oxygens (including phenoxy) is 1. The van der Waals surface area contributed by atoms with Crippen LogP contribution >= 0.6 is 0 Å². The van der Waals surface area contributed by atoms with Gasteiger partial charge < -0.3 is 21.1 Å². The van der Waals surface area contributed by atoms with Crippen molar-refractivity contribution in [2.75, 3.05) is 38.2 Å². The van der Waals surface area contributed by atoms with Gasteiger partial charge in [0, 0.05) is 6.54 Å². The lowest BCUT2D eigenvalue weighted by molar-refractivity contribution is 0.278. The van der Waals surface area contributed by atoms with Gasteiger partial charge in [0.25, 0.3) is 0 Å². The summed E-state index contributed by atoms with van der Waals surface area (Å²) >= 11 is 0. The van der Waals surface area contributed by atoms with E-state index >= 15 is 0 Å². The average molecular weight is 265 g/mol. The smallest absolute Gasteiger partial charge is 0.143 e. The fourth-order valence-corrected chi connectivity index (χ4v) is 2.30. The summed E-state index contributed by atoms with van der Waals surface area (Å²) in [5, 5.41) is 0. The van der Waals surface area contributed by atoms with Crippen LogP contribution in [-0.2, 0) is 6.42 Å². The van der Waals surface area contributed by atoms with Crippen molar-refractivity contribution in [3.8, 4) is 5.75 Å². The molecular weight excluding hydrogens is 238 g/mol. The van der Waals surface area contributed by atoms with Crippen molar-refractivity contribution < 1.29 is 4.74 Å². The van der Waals surface area contributed by atoms with Gasteiger partial charge in [-0.15, -0.1) is 0 Å². The van der Waals surface area contributed by atoms with Crippen LogP contribution in [0.2, 0.25) is 0 Å². The molecule has 0 bridgehead atoms. The van der Waals surface area contributed by atoms with E-state index in [0.29, 0.717) is 17.1 Å². The maximum atomic E-state index is 6.07. The van der Waals surface area contributed by atoms with Gasteiger partial charge in [0.2, 0.25) is 0 Å². The lowest BCUT2D eigenvalue weighted by Gasteiger charge is -2.21. The number of nitrogens with two attached hydrogens (primary N) is 2. The standard InChI is InChI=1S/C15H27N3O/c1-4-9-18(10-5-2)11-8-12-6-7-13(19-3)15(17)14(12)16/h6-7H,4-5,8-11,16-17H2,1-3H3. The van der Waals surface area contributed by atoms with Crippen molar-refractivity contribution in [3.05, 3.63) is 17.7 Å². The quantitative estimate of drug-likeness (QED) is 0.709. The van der Waals surface area contributed by atoms with Gasteiger partial charge >= 0.3 is 0 Å². The van der Waals surface area contributed by atoms with Crippen LogP contribution in [0.4, 0.5) is 11.4 Å². The number of nitrogens with zero attached hydrogens (tertiary/aromatic N) is 1. The van der Waals surface area contributed by atoms with Crippen molar-refractivity contribution in [1.29, 1.82) is 0 Å². The number of nitrogen functional groups attached to an aromatic ring is 2. The molecule has 19 heavy (non-hydrogen) atoms. The summed E-state index contributed by atoms with van der Waals surface area (Å²) in [6.45, 7) is 7.72. The van der Waals surface area contributed by atoms with Crippen molar-refractivity contribution in [2.24, 2.45) is 0 Å². The molecule has 0 spiro atoms. The highest BCUT2D eigenvalue weighted by atomic mass is 16.5. The zero-order valence-corrected chi connectivity index (χ0v) is 12.4. The average Bonchev–Trinajstić information content (AvgIpc) is 2.41. The zero-order chi connectivity index (χ0) is 14.3. The third kappa shape index (κ3) is 4.31. The first-order valence-corrected chi connectivity index (χ1v) is 7.07. The minimum atomic E-state index is 0.553. The molecule has 0 heterocycles. The Hall–Kier alpha value is -1.42. The Kier molecular flexibility index (Phi) is 6.50. The first kappa shape index (κ1) is 15.6. The van der Waals surface area contributed by atoms with Crippen LogP contribution < -0.4 is 16.2 Å². The third-order valence-corrected chi connectivity index (χ3v) is 3.33. The summed E-state index contributed by atoms with van der Waals surface area (Å²) in [5.41, 5.74) is 14.3. The first-order chi connectivity index (χ1) is 9.13. The second-order valence-corrected chi connectivity index (χ2v) is 4.85. The molecule has 4 N–H and O–H groups in total. The predicted molar refractivity (Wildman–Crippen MR) is 82.5 cm³/mol. The van der Waals surface area contributed by atoms with E-state index in [1.807, 2.05) is 12.1 Å². The molecule has 0 saturated carbocycles. The summed E-state index contributed by atoms with van der Waals surface area (Å²) in [5.74, 6) is 0.653. The molecule has 4 heteroatoms. The SMILES string of the molecule is CCCN(CCC)CCc1ccc(OC)c(N)c1N. The zero-order valence-electron chi connectivity index (χ0n) is 12.4. The van der Waals surface area contributed by atoms with Crippen LogP contribution in [0, 0.1) is 0 Å². The van der Waals surface area contributed by atoms with E-state index in [0.717, 1.165) is 31.6 Å². The van der Waals surface area contributed by atoms with E-state index in [1.165, 1.54) is 12.8 Å². The second kappa shape index (κ2) is 7.89. The molecule has 0 saturated heterocycles. The Morgan fingerprint density at radius 3 is 2.16 bits per heavy atom. The molecule has 0 aromatic heterocycles. The second-order valence-electron chi connectivity index (χ2n) is 4.85. The highest BCUT2D eigenvalue weighted by molar-refractivity contribution is 5.74. The van der Waals surface area contributed by atoms with E-state index < -0.39 is 0 Å². The molecule has 0 atom stereocenters. The maximum absolute atomic E-state index is 6.07. The van der Waals surface area contributed by atoms with Crippen LogP contribution in [0.25, 0.3) is 0 Å². The van der Waals surface area contributed by atoms with Gasteiger partial charge in [0.15, 0.2) is 0 Å². The van der Waals surface area contributed by atoms with Gasteiger partial charge in [-0.25, -0.2) is 0 Å². The summed E-state index contributed by atoms with van der Waals surface area (Å²) in [6.07, 6.45) is 3.29.